The number of hydrogen-bond acceptors (Lipinski definition) is 8. The van der Waals surface area contributed by atoms with Crippen LogP contribution < -0.4 is 25.0 Å². The highest BCUT2D eigenvalue weighted by Gasteiger charge is 2.32. The van der Waals surface area contributed by atoms with Gasteiger partial charge in [-0.15, -0.1) is 0 Å². The molecule has 1 amide bonds. The topological polar surface area (TPSA) is 91.9 Å². The molecule has 9 nitrogen and oxygen atoms in total. The summed E-state index contributed by atoms with van der Waals surface area (Å²) >= 11 is 0. The average Bonchev–Trinajstić information content (AvgIpc) is 2.88. The Bertz CT molecular complexity index is 1320. The molecule has 0 unspecified atom stereocenters. The second kappa shape index (κ2) is 11.1. The van der Waals surface area contributed by atoms with Crippen LogP contribution in [-0.4, -0.2) is 68.2 Å². The van der Waals surface area contributed by atoms with Gasteiger partial charge < -0.3 is 29.9 Å². The molecule has 0 radical (unpaired) electrons. The van der Waals surface area contributed by atoms with Gasteiger partial charge in [-0.2, -0.15) is 18.2 Å². The number of carbonyl (C=O) groups excluding carboxylic acids is 1. The zero-order chi connectivity index (χ0) is 27.4. The van der Waals surface area contributed by atoms with Crippen molar-refractivity contribution in [3.05, 3.63) is 59.4 Å². The molecule has 1 aromatic heterocycles. The zero-order valence-corrected chi connectivity index (χ0v) is 21.5. The van der Waals surface area contributed by atoms with Crippen molar-refractivity contribution in [3.8, 4) is 17.4 Å². The van der Waals surface area contributed by atoms with E-state index in [9.17, 15) is 18.0 Å². The van der Waals surface area contributed by atoms with Crippen molar-refractivity contribution in [2.75, 3.05) is 62.9 Å². The first kappa shape index (κ1) is 27.0. The van der Waals surface area contributed by atoms with Gasteiger partial charge in [0.2, 0.25) is 5.75 Å². The third kappa shape index (κ3) is 6.43. The first-order valence-electron chi connectivity index (χ1n) is 11.9. The van der Waals surface area contributed by atoms with Gasteiger partial charge in [0.25, 0.3) is 11.8 Å². The summed E-state index contributed by atoms with van der Waals surface area (Å²) in [5.41, 5.74) is 0.446. The lowest BCUT2D eigenvalue weighted by atomic mass is 10.1. The molecule has 1 aliphatic rings. The molecule has 2 heterocycles. The van der Waals surface area contributed by atoms with Gasteiger partial charge in [-0.25, -0.2) is 4.98 Å². The van der Waals surface area contributed by atoms with E-state index >= 15 is 0 Å². The third-order valence-electron chi connectivity index (χ3n) is 5.90. The predicted octanol–water partition coefficient (Wildman–Crippen LogP) is 4.65. The number of nitrogens with zero attached hydrogens (tertiary/aromatic N) is 4. The lowest BCUT2D eigenvalue weighted by Crippen LogP contribution is -2.28. The van der Waals surface area contributed by atoms with Crippen LogP contribution in [-0.2, 0) is 6.18 Å². The van der Waals surface area contributed by atoms with Gasteiger partial charge in [0.15, 0.2) is 5.82 Å². The molecule has 2 aromatic carbocycles. The molecule has 0 saturated heterocycles. The predicted molar refractivity (Wildman–Crippen MR) is 138 cm³/mol. The van der Waals surface area contributed by atoms with E-state index in [1.807, 2.05) is 19.0 Å². The van der Waals surface area contributed by atoms with Crippen molar-refractivity contribution in [1.29, 1.82) is 0 Å². The average molecular weight is 531 g/mol. The molecule has 2 N–H and O–H groups in total. The normalized spacial score (nSPS) is 12.8. The number of alkyl halides is 3. The summed E-state index contributed by atoms with van der Waals surface area (Å²) in [5, 5.41) is 5.69. The summed E-state index contributed by atoms with van der Waals surface area (Å²) in [7, 11) is 5.47. The number of hydrogen-bond donors (Lipinski definition) is 2. The number of benzene rings is 2. The number of aryl methyl sites for hydroxylation is 1. The van der Waals surface area contributed by atoms with Gasteiger partial charge in [0.1, 0.15) is 18.7 Å². The molecule has 0 bridgehead atoms. The number of amides is 1. The molecule has 0 atom stereocenters. The van der Waals surface area contributed by atoms with Gasteiger partial charge in [0.05, 0.1) is 12.1 Å². The number of likely N-dealkylation sites (N-methyl/N-ethyl adjacent to an activating group) is 2. The summed E-state index contributed by atoms with van der Waals surface area (Å²) in [6, 6.07) is 8.28. The number of nitrogens with one attached hydrogen (secondary N) is 2. The fourth-order valence-corrected chi connectivity index (χ4v) is 3.71. The van der Waals surface area contributed by atoms with Crippen molar-refractivity contribution in [2.24, 2.45) is 0 Å². The zero-order valence-electron chi connectivity index (χ0n) is 21.5. The third-order valence-corrected chi connectivity index (χ3v) is 5.90. The second-order valence-corrected chi connectivity index (χ2v) is 9.16. The first-order valence-corrected chi connectivity index (χ1v) is 11.9. The lowest BCUT2D eigenvalue weighted by Gasteiger charge is -2.23. The molecular weight excluding hydrogens is 501 g/mol. The summed E-state index contributed by atoms with van der Waals surface area (Å²) in [6.07, 6.45) is -3.24. The van der Waals surface area contributed by atoms with Crippen LogP contribution in [0.5, 0.6) is 17.4 Å². The molecule has 12 heteroatoms. The minimum Gasteiger partial charge on any atom is -0.483 e. The minimum atomic E-state index is -4.57. The maximum absolute atomic E-state index is 13.6. The smallest absolute Gasteiger partial charge is 0.416 e. The fourth-order valence-electron chi connectivity index (χ4n) is 3.71. The summed E-state index contributed by atoms with van der Waals surface area (Å²) in [6.45, 7) is 3.97. The Hall–Kier alpha value is -4.06. The highest BCUT2D eigenvalue weighted by molar-refractivity contribution is 6.04. The van der Waals surface area contributed by atoms with E-state index in [2.05, 4.69) is 20.6 Å². The first-order chi connectivity index (χ1) is 18.0. The largest absolute Gasteiger partial charge is 0.483 e. The molecule has 38 heavy (non-hydrogen) atoms. The molecular formula is C26H29F3N6O3. The Kier molecular flexibility index (Phi) is 7.91. The molecule has 0 aliphatic carbocycles. The fraction of sp³-hybridized carbons (Fsp3) is 0.346. The standard InChI is InChI=1S/C26H29F3N6O3/c1-16-5-6-17(11-21(16)38-25-22-23(31-15-32-25)30-7-10-37-22)24(36)33-19-12-18(26(27,28)29)13-20(14-19)35(4)9-8-34(2)3/h5-6,11-15H,7-10H2,1-4H3,(H,33,36)(H,30,31,32). The Morgan fingerprint density at radius 2 is 1.92 bits per heavy atom. The summed E-state index contributed by atoms with van der Waals surface area (Å²) in [5.74, 6) is 0.817. The van der Waals surface area contributed by atoms with Crippen LogP contribution in [0, 0.1) is 6.92 Å². The SMILES string of the molecule is Cc1ccc(C(=O)Nc2cc(N(C)CCN(C)C)cc(C(F)(F)F)c2)cc1Oc1ncnc2c1OCCN2. The van der Waals surface area contributed by atoms with E-state index in [0.717, 1.165) is 17.7 Å². The minimum absolute atomic E-state index is 0.0314. The Labute approximate surface area is 218 Å². The van der Waals surface area contributed by atoms with E-state index in [1.165, 1.54) is 18.5 Å². The van der Waals surface area contributed by atoms with Crippen molar-refractivity contribution in [3.63, 3.8) is 0 Å². The van der Waals surface area contributed by atoms with Crippen LogP contribution in [0.3, 0.4) is 0 Å². The quantitative estimate of drug-likeness (QED) is 0.435. The van der Waals surface area contributed by atoms with E-state index in [0.29, 0.717) is 49.2 Å². The number of halogens is 3. The molecule has 0 saturated carbocycles. The molecule has 3 aromatic rings. The van der Waals surface area contributed by atoms with Crippen LogP contribution in [0.25, 0.3) is 0 Å². The Morgan fingerprint density at radius 1 is 1.13 bits per heavy atom. The molecule has 4 rings (SSSR count). The molecule has 0 fully saturated rings. The monoisotopic (exact) mass is 530 g/mol. The van der Waals surface area contributed by atoms with Crippen molar-refractivity contribution < 1.29 is 27.4 Å². The van der Waals surface area contributed by atoms with Gasteiger partial charge in [-0.1, -0.05) is 6.07 Å². The summed E-state index contributed by atoms with van der Waals surface area (Å²) in [4.78, 5) is 25.0. The van der Waals surface area contributed by atoms with Crippen LogP contribution in [0.15, 0.2) is 42.7 Å². The number of fused-ring (bicyclic) bond motifs is 1. The van der Waals surface area contributed by atoms with E-state index in [4.69, 9.17) is 9.47 Å². The van der Waals surface area contributed by atoms with Crippen LogP contribution in [0.2, 0.25) is 0 Å². The number of ether oxygens (including phenoxy) is 2. The molecule has 0 spiro atoms. The van der Waals surface area contributed by atoms with E-state index < -0.39 is 17.6 Å². The maximum Gasteiger partial charge on any atom is 0.416 e. The second-order valence-electron chi connectivity index (χ2n) is 9.16. The highest BCUT2D eigenvalue weighted by Crippen LogP contribution is 2.37. The Balaban J connectivity index is 1.58. The van der Waals surface area contributed by atoms with Gasteiger partial charge in [-0.3, -0.25) is 4.79 Å². The van der Waals surface area contributed by atoms with Crippen LogP contribution >= 0.6 is 0 Å². The number of aromatic nitrogens is 2. The number of anilines is 3. The van der Waals surface area contributed by atoms with E-state index in [1.54, 1.807) is 31.0 Å². The Morgan fingerprint density at radius 3 is 2.66 bits per heavy atom. The van der Waals surface area contributed by atoms with Gasteiger partial charge in [-0.05, 0) is 56.9 Å². The summed E-state index contributed by atoms with van der Waals surface area (Å²) < 4.78 is 52.5. The van der Waals surface area contributed by atoms with E-state index in [-0.39, 0.29) is 17.1 Å². The van der Waals surface area contributed by atoms with Crippen molar-refractivity contribution in [1.82, 2.24) is 14.9 Å². The van der Waals surface area contributed by atoms with Gasteiger partial charge >= 0.3 is 6.18 Å². The van der Waals surface area contributed by atoms with Crippen LogP contribution in [0.4, 0.5) is 30.4 Å². The maximum atomic E-state index is 13.6. The van der Waals surface area contributed by atoms with Gasteiger partial charge in [0, 0.05) is 37.1 Å². The molecule has 202 valence electrons. The number of rotatable bonds is 8. The van der Waals surface area contributed by atoms with Crippen molar-refractivity contribution >= 4 is 23.1 Å². The number of carbonyl (C=O) groups is 1. The highest BCUT2D eigenvalue weighted by atomic mass is 19.4. The lowest BCUT2D eigenvalue weighted by molar-refractivity contribution is -0.137. The molecule has 1 aliphatic heterocycles. The van der Waals surface area contributed by atoms with Crippen LogP contribution in [0.1, 0.15) is 21.5 Å². The van der Waals surface area contributed by atoms with Crippen molar-refractivity contribution in [2.45, 2.75) is 13.1 Å².